The van der Waals surface area contributed by atoms with E-state index in [1.165, 1.54) is 11.3 Å². The topological polar surface area (TPSA) is 70.4 Å². The summed E-state index contributed by atoms with van der Waals surface area (Å²) >= 11 is 1.42. The molecule has 88 valence electrons. The SMILES string of the molecule is C[C@](O)(c1nccs1)[C@@H]1CC[C@H](C(=O)O)C1. The van der Waals surface area contributed by atoms with E-state index in [2.05, 4.69) is 4.98 Å². The lowest BCUT2D eigenvalue weighted by atomic mass is 9.87. The molecule has 0 aromatic carbocycles. The number of thiazole rings is 1. The molecule has 1 fully saturated rings. The average Bonchev–Trinajstić information content (AvgIpc) is 2.90. The van der Waals surface area contributed by atoms with Gasteiger partial charge in [0.05, 0.1) is 5.92 Å². The second-order valence-electron chi connectivity index (χ2n) is 4.53. The van der Waals surface area contributed by atoms with Crippen LogP contribution in [-0.4, -0.2) is 21.2 Å². The van der Waals surface area contributed by atoms with Gasteiger partial charge >= 0.3 is 5.97 Å². The summed E-state index contributed by atoms with van der Waals surface area (Å²) in [5.74, 6) is -1.06. The summed E-state index contributed by atoms with van der Waals surface area (Å²) in [4.78, 5) is 15.0. The summed E-state index contributed by atoms with van der Waals surface area (Å²) in [6, 6.07) is 0. The highest BCUT2D eigenvalue weighted by Crippen LogP contribution is 2.43. The first-order valence-corrected chi connectivity index (χ1v) is 6.25. The zero-order valence-corrected chi connectivity index (χ0v) is 9.91. The molecule has 1 aliphatic rings. The molecule has 2 N–H and O–H groups in total. The van der Waals surface area contributed by atoms with Crippen LogP contribution in [-0.2, 0) is 10.4 Å². The Morgan fingerprint density at radius 2 is 2.38 bits per heavy atom. The molecule has 0 spiro atoms. The van der Waals surface area contributed by atoms with Crippen molar-refractivity contribution < 1.29 is 15.0 Å². The molecule has 1 aliphatic carbocycles. The molecular weight excluding hydrogens is 226 g/mol. The van der Waals surface area contributed by atoms with E-state index in [1.54, 1.807) is 13.1 Å². The fraction of sp³-hybridized carbons (Fsp3) is 0.636. The van der Waals surface area contributed by atoms with Crippen LogP contribution in [0.15, 0.2) is 11.6 Å². The van der Waals surface area contributed by atoms with Gasteiger partial charge in [-0.3, -0.25) is 4.79 Å². The van der Waals surface area contributed by atoms with E-state index in [0.29, 0.717) is 17.8 Å². The third-order valence-corrected chi connectivity index (χ3v) is 4.44. The maximum atomic E-state index is 10.9. The van der Waals surface area contributed by atoms with E-state index >= 15 is 0 Å². The van der Waals surface area contributed by atoms with Crippen LogP contribution in [0.3, 0.4) is 0 Å². The molecule has 1 aromatic heterocycles. The minimum absolute atomic E-state index is 0.000231. The second-order valence-corrected chi connectivity index (χ2v) is 5.42. The molecule has 0 unspecified atom stereocenters. The van der Waals surface area contributed by atoms with Gasteiger partial charge in [-0.15, -0.1) is 11.3 Å². The van der Waals surface area contributed by atoms with Crippen LogP contribution in [0.1, 0.15) is 31.2 Å². The quantitative estimate of drug-likeness (QED) is 0.847. The van der Waals surface area contributed by atoms with Crippen molar-refractivity contribution in [1.82, 2.24) is 4.98 Å². The first-order chi connectivity index (χ1) is 7.51. The molecule has 3 atom stereocenters. The number of rotatable bonds is 3. The van der Waals surface area contributed by atoms with Crippen molar-refractivity contribution in [2.24, 2.45) is 11.8 Å². The lowest BCUT2D eigenvalue weighted by molar-refractivity contribution is -0.141. The van der Waals surface area contributed by atoms with Crippen molar-refractivity contribution >= 4 is 17.3 Å². The third-order valence-electron chi connectivity index (χ3n) is 3.44. The van der Waals surface area contributed by atoms with Crippen molar-refractivity contribution in [1.29, 1.82) is 0 Å². The van der Waals surface area contributed by atoms with Gasteiger partial charge in [-0.25, -0.2) is 4.98 Å². The number of hydrogen-bond acceptors (Lipinski definition) is 4. The van der Waals surface area contributed by atoms with Crippen molar-refractivity contribution in [3.63, 3.8) is 0 Å². The Balaban J connectivity index is 2.12. The largest absolute Gasteiger partial charge is 0.481 e. The molecule has 2 rings (SSSR count). The Morgan fingerprint density at radius 1 is 1.62 bits per heavy atom. The summed E-state index contributed by atoms with van der Waals surface area (Å²) in [5, 5.41) is 21.9. The highest BCUT2D eigenvalue weighted by Gasteiger charge is 2.42. The Kier molecular flexibility index (Phi) is 2.99. The number of carbonyl (C=O) groups is 1. The van der Waals surface area contributed by atoms with Gasteiger partial charge in [-0.2, -0.15) is 0 Å². The molecule has 1 saturated carbocycles. The van der Waals surface area contributed by atoms with E-state index in [9.17, 15) is 9.90 Å². The monoisotopic (exact) mass is 241 g/mol. The van der Waals surface area contributed by atoms with Crippen LogP contribution in [0, 0.1) is 11.8 Å². The van der Waals surface area contributed by atoms with Crippen LogP contribution >= 0.6 is 11.3 Å². The number of nitrogens with zero attached hydrogens (tertiary/aromatic N) is 1. The van der Waals surface area contributed by atoms with Crippen LogP contribution in [0.25, 0.3) is 0 Å². The fourth-order valence-electron chi connectivity index (χ4n) is 2.36. The van der Waals surface area contributed by atoms with Gasteiger partial charge < -0.3 is 10.2 Å². The Bertz CT molecular complexity index is 375. The Morgan fingerprint density at radius 3 is 2.88 bits per heavy atom. The van der Waals surface area contributed by atoms with Crippen LogP contribution in [0.5, 0.6) is 0 Å². The third kappa shape index (κ3) is 1.97. The number of aromatic nitrogens is 1. The molecule has 0 bridgehead atoms. The van der Waals surface area contributed by atoms with Gasteiger partial charge in [0.2, 0.25) is 0 Å². The summed E-state index contributed by atoms with van der Waals surface area (Å²) in [5.41, 5.74) is -0.988. The molecule has 5 heteroatoms. The van der Waals surface area contributed by atoms with E-state index in [1.807, 2.05) is 5.38 Å². The first-order valence-electron chi connectivity index (χ1n) is 5.37. The number of carboxylic acids is 1. The number of carboxylic acid groups (broad SMARTS) is 1. The zero-order valence-electron chi connectivity index (χ0n) is 9.09. The van der Waals surface area contributed by atoms with Gasteiger partial charge in [0.1, 0.15) is 10.6 Å². The highest BCUT2D eigenvalue weighted by atomic mass is 32.1. The van der Waals surface area contributed by atoms with Crippen LogP contribution in [0.4, 0.5) is 0 Å². The molecule has 0 saturated heterocycles. The van der Waals surface area contributed by atoms with Crippen molar-refractivity contribution in [2.45, 2.75) is 31.8 Å². The Hall–Kier alpha value is -0.940. The minimum atomic E-state index is -0.988. The smallest absolute Gasteiger partial charge is 0.306 e. The van der Waals surface area contributed by atoms with E-state index in [-0.39, 0.29) is 11.8 Å². The molecule has 0 amide bonds. The van der Waals surface area contributed by atoms with Crippen molar-refractivity contribution in [3.8, 4) is 0 Å². The summed E-state index contributed by atoms with van der Waals surface area (Å²) in [7, 11) is 0. The van der Waals surface area contributed by atoms with Gasteiger partial charge in [0, 0.05) is 11.6 Å². The molecule has 0 radical (unpaired) electrons. The average molecular weight is 241 g/mol. The molecule has 1 aromatic rings. The number of aliphatic carboxylic acids is 1. The van der Waals surface area contributed by atoms with E-state index < -0.39 is 11.6 Å². The summed E-state index contributed by atoms with van der Waals surface area (Å²) in [6.07, 6.45) is 3.62. The summed E-state index contributed by atoms with van der Waals surface area (Å²) in [6.45, 7) is 1.74. The maximum Gasteiger partial charge on any atom is 0.306 e. The summed E-state index contributed by atoms with van der Waals surface area (Å²) < 4.78 is 0. The standard InChI is InChI=1S/C11H15NO3S/c1-11(15,10-12-4-5-16-10)8-3-2-7(6-8)9(13)14/h4-5,7-8,15H,2-3,6H2,1H3,(H,13,14)/t7-,8+,11+/m0/s1. The lowest BCUT2D eigenvalue weighted by Gasteiger charge is -2.27. The molecular formula is C11H15NO3S. The van der Waals surface area contributed by atoms with Gasteiger partial charge in [0.15, 0.2) is 0 Å². The Labute approximate surface area is 98.0 Å². The maximum absolute atomic E-state index is 10.9. The normalized spacial score (nSPS) is 28.9. The van der Waals surface area contributed by atoms with E-state index in [4.69, 9.17) is 5.11 Å². The predicted molar refractivity (Wildman–Crippen MR) is 60.2 cm³/mol. The first kappa shape index (κ1) is 11.5. The second kappa shape index (κ2) is 4.14. The van der Waals surface area contributed by atoms with Gasteiger partial charge in [-0.1, -0.05) is 0 Å². The van der Waals surface area contributed by atoms with E-state index in [0.717, 1.165) is 6.42 Å². The highest BCUT2D eigenvalue weighted by molar-refractivity contribution is 7.09. The molecule has 4 nitrogen and oxygen atoms in total. The number of aliphatic hydroxyl groups is 1. The number of hydrogen-bond donors (Lipinski definition) is 2. The predicted octanol–water partition coefficient (Wildman–Crippen LogP) is 1.85. The molecule has 0 aliphatic heterocycles. The van der Waals surface area contributed by atoms with Crippen molar-refractivity contribution in [3.05, 3.63) is 16.6 Å². The lowest BCUT2D eigenvalue weighted by Crippen LogP contribution is -2.30. The van der Waals surface area contributed by atoms with Gasteiger partial charge in [0.25, 0.3) is 0 Å². The van der Waals surface area contributed by atoms with Crippen molar-refractivity contribution in [2.75, 3.05) is 0 Å². The molecule has 1 heterocycles. The van der Waals surface area contributed by atoms with Crippen LogP contribution in [0.2, 0.25) is 0 Å². The molecule has 16 heavy (non-hydrogen) atoms. The fourth-order valence-corrected chi connectivity index (χ4v) is 3.14. The zero-order chi connectivity index (χ0) is 11.8. The minimum Gasteiger partial charge on any atom is -0.481 e. The van der Waals surface area contributed by atoms with Gasteiger partial charge in [-0.05, 0) is 32.1 Å². The van der Waals surface area contributed by atoms with Crippen LogP contribution < -0.4 is 0 Å².